The van der Waals surface area contributed by atoms with Gasteiger partial charge in [-0.2, -0.15) is 5.26 Å². The lowest BCUT2D eigenvalue weighted by atomic mass is 10.1. The molecule has 0 saturated carbocycles. The van der Waals surface area contributed by atoms with Crippen molar-refractivity contribution in [3.63, 3.8) is 0 Å². The molecule has 0 amide bonds. The molecule has 0 saturated heterocycles. The van der Waals surface area contributed by atoms with Crippen molar-refractivity contribution >= 4 is 46.1 Å². The molecule has 1 aliphatic rings. The Balaban J connectivity index is 1.56. The minimum atomic E-state index is 0.624. The number of aromatic nitrogens is 4. The van der Waals surface area contributed by atoms with Crippen LogP contribution < -0.4 is 10.6 Å². The molecule has 1 aliphatic carbocycles. The van der Waals surface area contributed by atoms with Gasteiger partial charge >= 0.3 is 0 Å². The zero-order valence-corrected chi connectivity index (χ0v) is 22.7. The lowest BCUT2D eigenvalue weighted by Crippen LogP contribution is -2.30. The molecule has 5 heteroatoms. The van der Waals surface area contributed by atoms with Crippen LogP contribution in [0.4, 0.5) is 0 Å². The van der Waals surface area contributed by atoms with Gasteiger partial charge in [0.25, 0.3) is 0 Å². The van der Waals surface area contributed by atoms with E-state index < -0.39 is 0 Å². The van der Waals surface area contributed by atoms with E-state index in [0.717, 1.165) is 62.8 Å². The monoisotopic (exact) mass is 529 g/mol. The summed E-state index contributed by atoms with van der Waals surface area (Å²) in [4.78, 5) is 9.79. The van der Waals surface area contributed by atoms with Gasteiger partial charge in [0.1, 0.15) is 0 Å². The molecule has 0 radical (unpaired) electrons. The summed E-state index contributed by atoms with van der Waals surface area (Å²) >= 11 is 0. The van der Waals surface area contributed by atoms with E-state index in [2.05, 4.69) is 82.5 Å². The van der Waals surface area contributed by atoms with Crippen LogP contribution in [0.25, 0.3) is 69.0 Å². The lowest BCUT2D eigenvalue weighted by Gasteiger charge is -2.10. The summed E-state index contributed by atoms with van der Waals surface area (Å²) in [7, 11) is 0. The van der Waals surface area contributed by atoms with Crippen molar-refractivity contribution in [1.82, 2.24) is 19.1 Å². The summed E-state index contributed by atoms with van der Waals surface area (Å²) in [5.74, 6) is 0.624. The van der Waals surface area contributed by atoms with Crippen LogP contribution in [0.3, 0.4) is 0 Å². The van der Waals surface area contributed by atoms with Gasteiger partial charge in [-0.15, -0.1) is 0 Å². The van der Waals surface area contributed by atoms with Gasteiger partial charge in [0, 0.05) is 39.0 Å². The van der Waals surface area contributed by atoms with E-state index in [1.54, 1.807) is 0 Å². The molecule has 196 valence electrons. The van der Waals surface area contributed by atoms with Gasteiger partial charge < -0.3 is 4.57 Å². The standard InChI is InChI=1S/C36H27N5/c1-3-10-32-27(4-2)29-21-30-28-13-8-9-14-33(28)41(35(30)22-34(29)40(32)26-11-6-5-7-12-26)36-38-20-19-31(39-36)25-17-15-24(23-37)16-18-25/h3-7,10-22H,2,8-9H2,1H3/b10-3-. The molecule has 3 heterocycles. The van der Waals surface area contributed by atoms with E-state index in [9.17, 15) is 5.26 Å². The Bertz CT molecular complexity index is 2170. The third-order valence-corrected chi connectivity index (χ3v) is 7.76. The molecule has 0 aliphatic heterocycles. The number of nitriles is 1. The number of hydrogen-bond donors (Lipinski definition) is 0. The van der Waals surface area contributed by atoms with E-state index in [1.165, 1.54) is 10.6 Å². The fourth-order valence-corrected chi connectivity index (χ4v) is 5.96. The number of fused-ring (bicyclic) bond motifs is 4. The zero-order valence-electron chi connectivity index (χ0n) is 22.7. The van der Waals surface area contributed by atoms with Crippen LogP contribution in [-0.2, 0) is 0 Å². The maximum atomic E-state index is 9.22. The highest BCUT2D eigenvalue weighted by molar-refractivity contribution is 6.04. The highest BCUT2D eigenvalue weighted by Crippen LogP contribution is 2.34. The molecule has 0 N–H and O–H groups in total. The molecule has 0 bridgehead atoms. The van der Waals surface area contributed by atoms with E-state index in [4.69, 9.17) is 9.97 Å². The second kappa shape index (κ2) is 9.93. The molecule has 0 atom stereocenters. The second-order valence-electron chi connectivity index (χ2n) is 10.1. The van der Waals surface area contributed by atoms with E-state index in [1.807, 2.05) is 55.6 Å². The number of allylic oxidation sites excluding steroid dienone is 1. The molecule has 6 aromatic rings. The molecular weight excluding hydrogens is 502 g/mol. The Hall–Kier alpha value is -5.47. The summed E-state index contributed by atoms with van der Waals surface area (Å²) in [5, 5.41) is 13.9. The summed E-state index contributed by atoms with van der Waals surface area (Å²) < 4.78 is 4.50. The predicted molar refractivity (Wildman–Crippen MR) is 168 cm³/mol. The number of benzene rings is 3. The summed E-state index contributed by atoms with van der Waals surface area (Å²) in [6.45, 7) is 6.24. The molecule has 0 unspecified atom stereocenters. The molecule has 5 nitrogen and oxygen atoms in total. The van der Waals surface area contributed by atoms with E-state index >= 15 is 0 Å². The topological polar surface area (TPSA) is 59.4 Å². The van der Waals surface area contributed by atoms with Crippen LogP contribution in [0.1, 0.15) is 36.6 Å². The first-order valence-electron chi connectivity index (χ1n) is 13.8. The molecule has 0 spiro atoms. The van der Waals surface area contributed by atoms with Crippen LogP contribution >= 0.6 is 0 Å². The second-order valence-corrected chi connectivity index (χ2v) is 10.1. The molecular formula is C36H27N5. The molecule has 3 aromatic heterocycles. The largest absolute Gasteiger partial charge is 0.309 e. The number of hydrogen-bond acceptors (Lipinski definition) is 3. The number of para-hydroxylation sites is 1. The van der Waals surface area contributed by atoms with E-state index in [0.29, 0.717) is 11.5 Å². The molecule has 3 aromatic carbocycles. The fraction of sp³-hybridized carbons (Fsp3) is 0.0833. The average molecular weight is 530 g/mol. The normalized spacial score (nSPS) is 12.7. The zero-order chi connectivity index (χ0) is 27.9. The molecule has 7 rings (SSSR count). The summed E-state index contributed by atoms with van der Waals surface area (Å²) in [6.07, 6.45) is 14.6. The number of nitrogens with zero attached hydrogens (tertiary/aromatic N) is 5. The van der Waals surface area contributed by atoms with Crippen LogP contribution in [-0.4, -0.2) is 19.1 Å². The Kier molecular flexibility index (Phi) is 5.95. The maximum absolute atomic E-state index is 9.22. The van der Waals surface area contributed by atoms with Crippen molar-refractivity contribution in [3.05, 3.63) is 119 Å². The van der Waals surface area contributed by atoms with Crippen molar-refractivity contribution < 1.29 is 0 Å². The minimum Gasteiger partial charge on any atom is -0.309 e. The van der Waals surface area contributed by atoms with Crippen molar-refractivity contribution in [1.29, 1.82) is 5.26 Å². The summed E-state index contributed by atoms with van der Waals surface area (Å²) in [5.41, 5.74) is 7.86. The van der Waals surface area contributed by atoms with Gasteiger partial charge in [0.2, 0.25) is 5.95 Å². The predicted octanol–water partition coefficient (Wildman–Crippen LogP) is 6.93. The first-order chi connectivity index (χ1) is 20.2. The van der Waals surface area contributed by atoms with Crippen molar-refractivity contribution in [2.75, 3.05) is 0 Å². The lowest BCUT2D eigenvalue weighted by molar-refractivity contribution is 0.924. The SMILES string of the molecule is C=Cc1c(/C=C\C)n(-c2ccccc2)c2cc3c(cc12)c1c(n3-c2nccc(-c3ccc(C#N)cc3)n2)=CCCC=1. The van der Waals surface area contributed by atoms with Gasteiger partial charge in [-0.1, -0.05) is 61.2 Å². The molecule has 41 heavy (non-hydrogen) atoms. The van der Waals surface area contributed by atoms with Gasteiger partial charge in [0.15, 0.2) is 0 Å². The third kappa shape index (κ3) is 3.92. The average Bonchev–Trinajstić information content (AvgIpc) is 3.52. The Labute approximate surface area is 238 Å². The highest BCUT2D eigenvalue weighted by atomic mass is 15.2. The Morgan fingerprint density at radius 3 is 2.44 bits per heavy atom. The van der Waals surface area contributed by atoms with Gasteiger partial charge in [-0.05, 0) is 68.3 Å². The van der Waals surface area contributed by atoms with Crippen LogP contribution in [0, 0.1) is 11.3 Å². The van der Waals surface area contributed by atoms with Crippen LogP contribution in [0.2, 0.25) is 0 Å². The number of rotatable bonds is 5. The van der Waals surface area contributed by atoms with Crippen molar-refractivity contribution in [2.24, 2.45) is 0 Å². The fourth-order valence-electron chi connectivity index (χ4n) is 5.96. The molecule has 0 fully saturated rings. The Morgan fingerprint density at radius 1 is 0.902 bits per heavy atom. The third-order valence-electron chi connectivity index (χ3n) is 7.76. The maximum Gasteiger partial charge on any atom is 0.235 e. The van der Waals surface area contributed by atoms with Crippen LogP contribution in [0.5, 0.6) is 0 Å². The van der Waals surface area contributed by atoms with Gasteiger partial charge in [-0.3, -0.25) is 4.57 Å². The smallest absolute Gasteiger partial charge is 0.235 e. The summed E-state index contributed by atoms with van der Waals surface area (Å²) in [6, 6.07) is 26.6. The minimum absolute atomic E-state index is 0.624. The van der Waals surface area contributed by atoms with Gasteiger partial charge in [0.05, 0.1) is 39.4 Å². The van der Waals surface area contributed by atoms with Crippen LogP contribution in [0.15, 0.2) is 91.6 Å². The highest BCUT2D eigenvalue weighted by Gasteiger charge is 2.20. The van der Waals surface area contributed by atoms with Crippen molar-refractivity contribution in [3.8, 4) is 29.0 Å². The first-order valence-corrected chi connectivity index (χ1v) is 13.8. The quantitative estimate of drug-likeness (QED) is 0.243. The van der Waals surface area contributed by atoms with E-state index in [-0.39, 0.29) is 0 Å². The van der Waals surface area contributed by atoms with Gasteiger partial charge in [-0.25, -0.2) is 9.97 Å². The Morgan fingerprint density at radius 2 is 1.68 bits per heavy atom. The van der Waals surface area contributed by atoms with Crippen molar-refractivity contribution in [2.45, 2.75) is 19.8 Å². The first kappa shape index (κ1) is 24.6.